The van der Waals surface area contributed by atoms with E-state index in [2.05, 4.69) is 20.9 Å². The lowest BCUT2D eigenvalue weighted by Crippen LogP contribution is -2.31. The Hall–Kier alpha value is -1.28. The minimum atomic E-state index is 0.583. The van der Waals surface area contributed by atoms with Crippen molar-refractivity contribution in [1.82, 2.24) is 9.97 Å². The van der Waals surface area contributed by atoms with Gasteiger partial charge < -0.3 is 4.90 Å². The van der Waals surface area contributed by atoms with Crippen molar-refractivity contribution in [1.29, 1.82) is 5.26 Å². The van der Waals surface area contributed by atoms with Crippen LogP contribution in [-0.4, -0.2) is 29.3 Å². The fraction of sp³-hybridized carbons (Fsp3) is 0.545. The number of nitriles is 1. The Labute approximate surface area is 99.7 Å². The lowest BCUT2D eigenvalue weighted by molar-refractivity contribution is 0.570. The predicted octanol–water partition coefficient (Wildman–Crippen LogP) is 2.06. The molecule has 1 aromatic rings. The quantitative estimate of drug-likeness (QED) is 0.579. The van der Waals surface area contributed by atoms with Gasteiger partial charge in [-0.1, -0.05) is 11.8 Å². The summed E-state index contributed by atoms with van der Waals surface area (Å²) < 4.78 is 0. The summed E-state index contributed by atoms with van der Waals surface area (Å²) >= 11 is 1.51. The molecule has 0 bridgehead atoms. The zero-order valence-electron chi connectivity index (χ0n) is 9.31. The van der Waals surface area contributed by atoms with Gasteiger partial charge >= 0.3 is 0 Å². The van der Waals surface area contributed by atoms with Crippen LogP contribution in [0.1, 0.15) is 24.8 Å². The molecule has 0 radical (unpaired) electrons. The molecule has 16 heavy (non-hydrogen) atoms. The Morgan fingerprint density at radius 3 is 2.75 bits per heavy atom. The van der Waals surface area contributed by atoms with Crippen LogP contribution in [0.4, 0.5) is 5.82 Å². The maximum Gasteiger partial charge on any atom is 0.189 e. The molecule has 0 unspecified atom stereocenters. The second kappa shape index (κ2) is 5.17. The zero-order chi connectivity index (χ0) is 11.4. The average Bonchev–Trinajstić information content (AvgIpc) is 2.39. The number of hydrogen-bond donors (Lipinski definition) is 0. The maximum absolute atomic E-state index is 9.05. The standard InChI is InChI=1S/C11H14N4S/c1-16-11-13-8-9(7-12)10(14-11)15-5-3-2-4-6-15/h8H,2-6H2,1H3. The van der Waals surface area contributed by atoms with Gasteiger partial charge in [-0.2, -0.15) is 5.26 Å². The van der Waals surface area contributed by atoms with Crippen LogP contribution in [0.5, 0.6) is 0 Å². The summed E-state index contributed by atoms with van der Waals surface area (Å²) in [5, 5.41) is 9.78. The second-order valence-electron chi connectivity index (χ2n) is 3.75. The molecular formula is C11H14N4S. The van der Waals surface area contributed by atoms with Gasteiger partial charge in [0.15, 0.2) is 11.0 Å². The van der Waals surface area contributed by atoms with Crippen molar-refractivity contribution in [3.8, 4) is 6.07 Å². The second-order valence-corrected chi connectivity index (χ2v) is 4.53. The topological polar surface area (TPSA) is 52.8 Å². The fourth-order valence-corrected chi connectivity index (χ4v) is 2.22. The number of piperidine rings is 1. The van der Waals surface area contributed by atoms with E-state index in [0.29, 0.717) is 5.56 Å². The molecule has 1 aliphatic rings. The van der Waals surface area contributed by atoms with E-state index < -0.39 is 0 Å². The SMILES string of the molecule is CSc1ncc(C#N)c(N2CCCCC2)n1. The number of thioether (sulfide) groups is 1. The molecule has 84 valence electrons. The largest absolute Gasteiger partial charge is 0.355 e. The molecule has 1 aromatic heterocycles. The molecule has 2 rings (SSSR count). The van der Waals surface area contributed by atoms with Crippen molar-refractivity contribution in [2.75, 3.05) is 24.2 Å². The summed E-state index contributed by atoms with van der Waals surface area (Å²) in [4.78, 5) is 10.8. The Kier molecular flexibility index (Phi) is 3.62. The number of anilines is 1. The van der Waals surface area contributed by atoms with Gasteiger partial charge in [-0.3, -0.25) is 0 Å². The third-order valence-electron chi connectivity index (χ3n) is 2.71. The number of aromatic nitrogens is 2. The van der Waals surface area contributed by atoms with Crippen molar-refractivity contribution in [3.63, 3.8) is 0 Å². The van der Waals surface area contributed by atoms with Crippen LogP contribution in [0, 0.1) is 11.3 Å². The molecule has 0 aromatic carbocycles. The van der Waals surface area contributed by atoms with E-state index >= 15 is 0 Å². The first-order valence-electron chi connectivity index (χ1n) is 5.41. The summed E-state index contributed by atoms with van der Waals surface area (Å²) in [5.74, 6) is 0.807. The van der Waals surface area contributed by atoms with E-state index in [4.69, 9.17) is 5.26 Å². The summed E-state index contributed by atoms with van der Waals surface area (Å²) in [5.41, 5.74) is 0.583. The molecule has 0 aliphatic carbocycles. The van der Waals surface area contributed by atoms with Gasteiger partial charge in [0.1, 0.15) is 11.6 Å². The van der Waals surface area contributed by atoms with Gasteiger partial charge in [0, 0.05) is 13.1 Å². The first-order chi connectivity index (χ1) is 7.85. The van der Waals surface area contributed by atoms with E-state index in [9.17, 15) is 0 Å². The molecule has 1 aliphatic heterocycles. The Bertz CT molecular complexity index is 407. The van der Waals surface area contributed by atoms with Gasteiger partial charge in [0.2, 0.25) is 0 Å². The van der Waals surface area contributed by atoms with E-state index in [1.807, 2.05) is 6.26 Å². The van der Waals surface area contributed by atoms with E-state index in [1.54, 1.807) is 6.20 Å². The van der Waals surface area contributed by atoms with Gasteiger partial charge in [0.25, 0.3) is 0 Å². The number of hydrogen-bond acceptors (Lipinski definition) is 5. The molecule has 1 saturated heterocycles. The molecule has 0 atom stereocenters. The minimum Gasteiger partial charge on any atom is -0.355 e. The summed E-state index contributed by atoms with van der Waals surface area (Å²) in [6.07, 6.45) is 7.22. The van der Waals surface area contributed by atoms with E-state index in [0.717, 1.165) is 24.1 Å². The molecule has 4 nitrogen and oxygen atoms in total. The predicted molar refractivity (Wildman–Crippen MR) is 64.6 cm³/mol. The Balaban J connectivity index is 2.32. The van der Waals surface area contributed by atoms with Crippen molar-refractivity contribution < 1.29 is 0 Å². The van der Waals surface area contributed by atoms with Crippen molar-refractivity contribution >= 4 is 17.6 Å². The lowest BCUT2D eigenvalue weighted by atomic mass is 10.1. The van der Waals surface area contributed by atoms with Gasteiger partial charge in [0.05, 0.1) is 6.20 Å². The highest BCUT2D eigenvalue weighted by Gasteiger charge is 2.16. The normalized spacial score (nSPS) is 15.9. The van der Waals surface area contributed by atoms with E-state index in [1.165, 1.54) is 31.0 Å². The highest BCUT2D eigenvalue weighted by molar-refractivity contribution is 7.98. The van der Waals surface area contributed by atoms with Gasteiger partial charge in [-0.15, -0.1) is 0 Å². The monoisotopic (exact) mass is 234 g/mol. The van der Waals surface area contributed by atoms with Crippen molar-refractivity contribution in [3.05, 3.63) is 11.8 Å². The van der Waals surface area contributed by atoms with Gasteiger partial charge in [-0.25, -0.2) is 9.97 Å². The number of rotatable bonds is 2. The highest BCUT2D eigenvalue weighted by Crippen LogP contribution is 2.23. The lowest BCUT2D eigenvalue weighted by Gasteiger charge is -2.28. The van der Waals surface area contributed by atoms with Gasteiger partial charge in [-0.05, 0) is 25.5 Å². The smallest absolute Gasteiger partial charge is 0.189 e. The van der Waals surface area contributed by atoms with Crippen LogP contribution in [0.25, 0.3) is 0 Å². The zero-order valence-corrected chi connectivity index (χ0v) is 10.1. The van der Waals surface area contributed by atoms with Crippen LogP contribution in [0.3, 0.4) is 0 Å². The summed E-state index contributed by atoms with van der Waals surface area (Å²) in [7, 11) is 0. The third-order valence-corrected chi connectivity index (χ3v) is 3.27. The average molecular weight is 234 g/mol. The van der Waals surface area contributed by atoms with Crippen molar-refractivity contribution in [2.45, 2.75) is 24.4 Å². The fourth-order valence-electron chi connectivity index (χ4n) is 1.88. The Morgan fingerprint density at radius 1 is 1.38 bits per heavy atom. The molecule has 0 amide bonds. The summed E-state index contributed by atoms with van der Waals surface area (Å²) in [6, 6.07) is 2.17. The first-order valence-corrected chi connectivity index (χ1v) is 6.63. The molecule has 0 N–H and O–H groups in total. The molecule has 1 fully saturated rings. The maximum atomic E-state index is 9.05. The molecule has 5 heteroatoms. The molecule has 0 spiro atoms. The van der Waals surface area contributed by atoms with Crippen LogP contribution < -0.4 is 4.90 Å². The van der Waals surface area contributed by atoms with Crippen LogP contribution in [-0.2, 0) is 0 Å². The van der Waals surface area contributed by atoms with Crippen LogP contribution >= 0.6 is 11.8 Å². The van der Waals surface area contributed by atoms with Crippen LogP contribution in [0.15, 0.2) is 11.4 Å². The van der Waals surface area contributed by atoms with E-state index in [-0.39, 0.29) is 0 Å². The summed E-state index contributed by atoms with van der Waals surface area (Å²) in [6.45, 7) is 2.00. The first kappa shape index (κ1) is 11.2. The highest BCUT2D eigenvalue weighted by atomic mass is 32.2. The van der Waals surface area contributed by atoms with Crippen LogP contribution in [0.2, 0.25) is 0 Å². The Morgan fingerprint density at radius 2 is 2.12 bits per heavy atom. The number of nitrogens with zero attached hydrogens (tertiary/aromatic N) is 4. The molecular weight excluding hydrogens is 220 g/mol. The third kappa shape index (κ3) is 2.27. The minimum absolute atomic E-state index is 0.583. The molecule has 0 saturated carbocycles. The molecule has 2 heterocycles. The van der Waals surface area contributed by atoms with Crippen molar-refractivity contribution in [2.24, 2.45) is 0 Å².